The zero-order valence-corrected chi connectivity index (χ0v) is 15.6. The highest BCUT2D eigenvalue weighted by Crippen LogP contribution is 2.24. The van der Waals surface area contributed by atoms with Crippen molar-refractivity contribution in [2.45, 2.75) is 39.7 Å². The van der Waals surface area contributed by atoms with Crippen molar-refractivity contribution >= 4 is 0 Å². The van der Waals surface area contributed by atoms with Crippen molar-refractivity contribution in [2.24, 2.45) is 0 Å². The minimum atomic E-state index is -4.69. The minimum Gasteiger partial charge on any atom is -0.487 e. The molecule has 0 amide bonds. The van der Waals surface area contributed by atoms with Crippen LogP contribution in [0.15, 0.2) is 48.5 Å². The van der Waals surface area contributed by atoms with E-state index in [2.05, 4.69) is 14.9 Å². The van der Waals surface area contributed by atoms with Crippen LogP contribution in [0.2, 0.25) is 0 Å². The van der Waals surface area contributed by atoms with Crippen molar-refractivity contribution in [3.8, 4) is 11.5 Å². The second-order valence-corrected chi connectivity index (χ2v) is 6.57. The first kappa shape index (κ1) is 19.8. The lowest BCUT2D eigenvalue weighted by atomic mass is 10.1. The van der Waals surface area contributed by atoms with Crippen LogP contribution in [0.5, 0.6) is 11.5 Å². The molecule has 0 saturated heterocycles. The summed E-state index contributed by atoms with van der Waals surface area (Å²) in [6.07, 6.45) is -3.54. The molecule has 1 heterocycles. The van der Waals surface area contributed by atoms with Gasteiger partial charge in [-0.2, -0.15) is 5.10 Å². The quantitative estimate of drug-likeness (QED) is 0.596. The fourth-order valence-corrected chi connectivity index (χ4v) is 2.81. The van der Waals surface area contributed by atoms with Gasteiger partial charge in [-0.15, -0.1) is 13.2 Å². The molecule has 0 radical (unpaired) electrons. The lowest BCUT2D eigenvalue weighted by Crippen LogP contribution is -2.17. The third-order valence-corrected chi connectivity index (χ3v) is 4.40. The van der Waals surface area contributed by atoms with Gasteiger partial charge in [0.2, 0.25) is 0 Å². The molecule has 0 spiro atoms. The van der Waals surface area contributed by atoms with Crippen molar-refractivity contribution in [1.82, 2.24) is 10.2 Å². The number of hydrogen-bond donors (Lipinski definition) is 1. The number of aromatic amines is 1. The summed E-state index contributed by atoms with van der Waals surface area (Å²) in [6, 6.07) is 13.8. The average Bonchev–Trinajstić information content (AvgIpc) is 2.98. The molecule has 0 bridgehead atoms. The number of nitrogens with one attached hydrogen (secondary N) is 1. The van der Waals surface area contributed by atoms with Crippen LogP contribution in [0.4, 0.5) is 13.2 Å². The van der Waals surface area contributed by atoms with E-state index in [1.54, 1.807) is 12.1 Å². The van der Waals surface area contributed by atoms with Gasteiger partial charge in [-0.1, -0.05) is 29.8 Å². The molecule has 0 unspecified atom stereocenters. The van der Waals surface area contributed by atoms with Crippen molar-refractivity contribution in [3.05, 3.63) is 76.6 Å². The summed E-state index contributed by atoms with van der Waals surface area (Å²) in [7, 11) is 0. The Kier molecular flexibility index (Phi) is 5.92. The van der Waals surface area contributed by atoms with E-state index in [-0.39, 0.29) is 5.75 Å². The molecular weight excluding hydrogens is 369 g/mol. The average molecular weight is 390 g/mol. The molecule has 0 atom stereocenters. The van der Waals surface area contributed by atoms with Crippen LogP contribution in [0.25, 0.3) is 0 Å². The number of H-pyrrole nitrogens is 1. The Hall–Kier alpha value is -2.96. The SMILES string of the molecule is Cc1ccc(OCc2[nH]nc(CCc3cccc(OC(F)(F)F)c3)c2C)cc1. The standard InChI is InChI=1S/C21H21F3N2O2/c1-14-6-9-17(10-7-14)27-13-20-15(2)19(25-26-20)11-8-16-4-3-5-18(12-16)28-21(22,23)24/h3-7,9-10,12H,8,11,13H2,1-2H3,(H,25,26). The van der Waals surface area contributed by atoms with Crippen molar-refractivity contribution in [2.75, 3.05) is 0 Å². The topological polar surface area (TPSA) is 47.1 Å². The van der Waals surface area contributed by atoms with Crippen LogP contribution >= 0.6 is 0 Å². The highest BCUT2D eigenvalue weighted by molar-refractivity contribution is 5.31. The van der Waals surface area contributed by atoms with Crippen molar-refractivity contribution < 1.29 is 22.6 Å². The third kappa shape index (κ3) is 5.52. The Morgan fingerprint density at radius 3 is 2.43 bits per heavy atom. The Balaban J connectivity index is 1.58. The number of nitrogens with zero attached hydrogens (tertiary/aromatic N) is 1. The molecule has 28 heavy (non-hydrogen) atoms. The zero-order chi connectivity index (χ0) is 20.1. The molecule has 7 heteroatoms. The summed E-state index contributed by atoms with van der Waals surface area (Å²) < 4.78 is 46.8. The van der Waals surface area contributed by atoms with E-state index in [0.29, 0.717) is 19.4 Å². The van der Waals surface area contributed by atoms with E-state index in [1.807, 2.05) is 38.1 Å². The number of ether oxygens (including phenoxy) is 2. The van der Waals surface area contributed by atoms with Gasteiger partial charge in [0.25, 0.3) is 0 Å². The molecule has 0 saturated carbocycles. The largest absolute Gasteiger partial charge is 0.573 e. The van der Waals surface area contributed by atoms with Crippen LogP contribution in [0.3, 0.4) is 0 Å². The highest BCUT2D eigenvalue weighted by atomic mass is 19.4. The lowest BCUT2D eigenvalue weighted by Gasteiger charge is -2.10. The maximum Gasteiger partial charge on any atom is 0.573 e. The predicted octanol–water partition coefficient (Wildman–Crippen LogP) is 5.29. The summed E-state index contributed by atoms with van der Waals surface area (Å²) in [4.78, 5) is 0. The van der Waals surface area contributed by atoms with Crippen LogP contribution < -0.4 is 9.47 Å². The fraction of sp³-hybridized carbons (Fsp3) is 0.286. The van der Waals surface area contributed by atoms with Crippen LogP contribution in [0.1, 0.15) is 28.1 Å². The Labute approximate surface area is 161 Å². The first-order chi connectivity index (χ1) is 13.3. The normalized spacial score (nSPS) is 11.5. The lowest BCUT2D eigenvalue weighted by molar-refractivity contribution is -0.274. The molecule has 2 aromatic carbocycles. The molecule has 1 aromatic heterocycles. The van der Waals surface area contributed by atoms with E-state index >= 15 is 0 Å². The van der Waals surface area contributed by atoms with Gasteiger partial charge in [-0.05, 0) is 62.1 Å². The second-order valence-electron chi connectivity index (χ2n) is 6.57. The highest BCUT2D eigenvalue weighted by Gasteiger charge is 2.31. The predicted molar refractivity (Wildman–Crippen MR) is 99.4 cm³/mol. The summed E-state index contributed by atoms with van der Waals surface area (Å²) in [6.45, 7) is 4.34. The maximum atomic E-state index is 12.3. The van der Waals surface area contributed by atoms with Gasteiger partial charge >= 0.3 is 6.36 Å². The Morgan fingerprint density at radius 2 is 1.71 bits per heavy atom. The minimum absolute atomic E-state index is 0.212. The molecule has 0 aliphatic carbocycles. The van der Waals surface area contributed by atoms with Crippen molar-refractivity contribution in [3.63, 3.8) is 0 Å². The number of rotatable bonds is 7. The molecule has 0 fully saturated rings. The number of halogens is 3. The number of hydrogen-bond acceptors (Lipinski definition) is 3. The zero-order valence-electron chi connectivity index (χ0n) is 15.6. The molecule has 148 valence electrons. The Morgan fingerprint density at radius 1 is 0.964 bits per heavy atom. The summed E-state index contributed by atoms with van der Waals surface area (Å²) in [5.74, 6) is 0.568. The number of aryl methyl sites for hydroxylation is 3. The van der Waals surface area contributed by atoms with Crippen LogP contribution in [-0.2, 0) is 19.4 Å². The number of benzene rings is 2. The van der Waals surface area contributed by atoms with Gasteiger partial charge in [0.05, 0.1) is 11.4 Å². The van der Waals surface area contributed by atoms with Gasteiger partial charge in [-0.25, -0.2) is 0 Å². The summed E-state index contributed by atoms with van der Waals surface area (Å²) >= 11 is 0. The second kappa shape index (κ2) is 8.37. The molecule has 3 rings (SSSR count). The van der Waals surface area contributed by atoms with Crippen molar-refractivity contribution in [1.29, 1.82) is 0 Å². The number of alkyl halides is 3. The first-order valence-electron chi connectivity index (χ1n) is 8.87. The summed E-state index contributed by atoms with van der Waals surface area (Å²) in [5.41, 5.74) is 4.66. The first-order valence-corrected chi connectivity index (χ1v) is 8.87. The third-order valence-electron chi connectivity index (χ3n) is 4.40. The number of aromatic nitrogens is 2. The van der Waals surface area contributed by atoms with E-state index in [4.69, 9.17) is 4.74 Å². The molecule has 1 N–H and O–H groups in total. The van der Waals surface area contributed by atoms with E-state index in [1.165, 1.54) is 12.1 Å². The van der Waals surface area contributed by atoms with Gasteiger partial charge in [0.15, 0.2) is 0 Å². The molecule has 0 aliphatic rings. The van der Waals surface area contributed by atoms with Gasteiger partial charge < -0.3 is 9.47 Å². The van der Waals surface area contributed by atoms with E-state index in [9.17, 15) is 13.2 Å². The van der Waals surface area contributed by atoms with Gasteiger partial charge in [0.1, 0.15) is 18.1 Å². The van der Waals surface area contributed by atoms with Gasteiger partial charge in [-0.3, -0.25) is 5.10 Å². The maximum absolute atomic E-state index is 12.3. The van der Waals surface area contributed by atoms with Crippen LogP contribution in [0, 0.1) is 13.8 Å². The molecule has 4 nitrogen and oxygen atoms in total. The smallest absolute Gasteiger partial charge is 0.487 e. The summed E-state index contributed by atoms with van der Waals surface area (Å²) in [5, 5.41) is 7.31. The fourth-order valence-electron chi connectivity index (χ4n) is 2.81. The Bertz CT molecular complexity index is 918. The molecular formula is C21H21F3N2O2. The molecule has 0 aliphatic heterocycles. The van der Waals surface area contributed by atoms with Gasteiger partial charge in [0, 0.05) is 0 Å². The molecule has 3 aromatic rings. The van der Waals surface area contributed by atoms with E-state index < -0.39 is 6.36 Å². The van der Waals surface area contributed by atoms with Crippen LogP contribution in [-0.4, -0.2) is 16.6 Å². The van der Waals surface area contributed by atoms with E-state index in [0.717, 1.165) is 33.8 Å². The monoisotopic (exact) mass is 390 g/mol.